The number of hydrogen-bond donors (Lipinski definition) is 0. The van der Waals surface area contributed by atoms with E-state index in [1.165, 1.54) is 55.1 Å². The highest BCUT2D eigenvalue weighted by Gasteiger charge is 2.32. The minimum atomic E-state index is 0.967. The summed E-state index contributed by atoms with van der Waals surface area (Å²) in [6.45, 7) is 8.73. The fraction of sp³-hybridized carbons (Fsp3) is 0.208. The van der Waals surface area contributed by atoms with Crippen LogP contribution in [-0.4, -0.2) is 0 Å². The highest BCUT2D eigenvalue weighted by molar-refractivity contribution is 6.07. The number of pyridine rings is 1. The SMILES string of the molecule is Cc1cc2c3c([n+](C)ccc3c1)-c1c(c(C)c3c(C)cccc3c1C)O2. The Morgan fingerprint density at radius 1 is 0.885 bits per heavy atom. The molecule has 1 aliphatic rings. The van der Waals surface area contributed by atoms with Crippen LogP contribution < -0.4 is 9.30 Å². The van der Waals surface area contributed by atoms with Gasteiger partial charge in [-0.1, -0.05) is 24.3 Å². The maximum Gasteiger partial charge on any atom is 0.228 e. The molecule has 1 aromatic heterocycles. The lowest BCUT2D eigenvalue weighted by atomic mass is 9.87. The highest BCUT2D eigenvalue weighted by atomic mass is 16.5. The molecule has 0 atom stereocenters. The highest BCUT2D eigenvalue weighted by Crippen LogP contribution is 2.50. The molecule has 128 valence electrons. The summed E-state index contributed by atoms with van der Waals surface area (Å²) in [4.78, 5) is 0. The molecular weight excluding hydrogens is 318 g/mol. The predicted octanol–water partition coefficient (Wildman–Crippen LogP) is 5.82. The fourth-order valence-electron chi connectivity index (χ4n) is 4.60. The van der Waals surface area contributed by atoms with Crippen LogP contribution in [0.25, 0.3) is 32.8 Å². The molecule has 2 heterocycles. The van der Waals surface area contributed by atoms with E-state index in [9.17, 15) is 0 Å². The van der Waals surface area contributed by atoms with E-state index in [0.29, 0.717) is 0 Å². The van der Waals surface area contributed by atoms with Crippen molar-refractivity contribution in [1.82, 2.24) is 0 Å². The summed E-state index contributed by atoms with van der Waals surface area (Å²) in [5.41, 5.74) is 7.52. The standard InChI is InChI=1S/C24H22NO/c1-13-11-17-9-10-25(5)23-21-15(3)18-8-6-7-14(2)20(18)16(4)24(21)26-19(12-13)22(17)23/h6-12H,1-5H3/q+1. The molecule has 1 aliphatic heterocycles. The topological polar surface area (TPSA) is 13.1 Å². The van der Waals surface area contributed by atoms with Gasteiger partial charge in [0.2, 0.25) is 5.69 Å². The maximum absolute atomic E-state index is 6.55. The number of benzene rings is 3. The molecule has 0 radical (unpaired) electrons. The number of aryl methyl sites for hydroxylation is 5. The van der Waals surface area contributed by atoms with Crippen molar-refractivity contribution in [3.63, 3.8) is 0 Å². The number of nitrogens with zero attached hydrogens (tertiary/aromatic N) is 1. The zero-order valence-corrected chi connectivity index (χ0v) is 15.9. The van der Waals surface area contributed by atoms with Gasteiger partial charge in [-0.15, -0.1) is 0 Å². The third kappa shape index (κ3) is 1.84. The molecule has 0 unspecified atom stereocenters. The van der Waals surface area contributed by atoms with Gasteiger partial charge < -0.3 is 4.74 Å². The van der Waals surface area contributed by atoms with Crippen LogP contribution in [0.15, 0.2) is 42.6 Å². The summed E-state index contributed by atoms with van der Waals surface area (Å²) in [5, 5.41) is 5.08. The quantitative estimate of drug-likeness (QED) is 0.324. The lowest BCUT2D eigenvalue weighted by Crippen LogP contribution is -2.32. The van der Waals surface area contributed by atoms with Gasteiger partial charge in [-0.2, -0.15) is 0 Å². The molecule has 0 fully saturated rings. The first kappa shape index (κ1) is 15.4. The monoisotopic (exact) mass is 340 g/mol. The number of fused-ring (bicyclic) bond motifs is 3. The molecular formula is C24H22NO+. The van der Waals surface area contributed by atoms with Crippen LogP contribution in [0.1, 0.15) is 22.3 Å². The molecule has 2 heteroatoms. The van der Waals surface area contributed by atoms with E-state index in [1.807, 2.05) is 0 Å². The number of aromatic nitrogens is 1. The van der Waals surface area contributed by atoms with Gasteiger partial charge in [0.15, 0.2) is 6.20 Å². The van der Waals surface area contributed by atoms with E-state index in [4.69, 9.17) is 4.74 Å². The molecule has 4 aromatic rings. The zero-order valence-electron chi connectivity index (χ0n) is 15.9. The van der Waals surface area contributed by atoms with Crippen molar-refractivity contribution in [3.8, 4) is 22.8 Å². The first-order valence-electron chi connectivity index (χ1n) is 9.11. The summed E-state index contributed by atoms with van der Waals surface area (Å²) in [7, 11) is 2.13. The predicted molar refractivity (Wildman–Crippen MR) is 107 cm³/mol. The molecule has 3 aromatic carbocycles. The first-order chi connectivity index (χ1) is 12.5. The van der Waals surface area contributed by atoms with Gasteiger partial charge in [0.25, 0.3) is 0 Å². The van der Waals surface area contributed by atoms with Gasteiger partial charge in [0, 0.05) is 11.6 Å². The van der Waals surface area contributed by atoms with Crippen LogP contribution in [0.4, 0.5) is 0 Å². The van der Waals surface area contributed by atoms with Crippen LogP contribution >= 0.6 is 0 Å². The Morgan fingerprint density at radius 3 is 2.50 bits per heavy atom. The van der Waals surface area contributed by atoms with E-state index < -0.39 is 0 Å². The van der Waals surface area contributed by atoms with E-state index in [1.54, 1.807) is 0 Å². The van der Waals surface area contributed by atoms with E-state index in [2.05, 4.69) is 81.9 Å². The Labute approximate surface area is 153 Å². The van der Waals surface area contributed by atoms with Crippen LogP contribution in [0.2, 0.25) is 0 Å². The van der Waals surface area contributed by atoms with Crippen molar-refractivity contribution in [2.75, 3.05) is 0 Å². The lowest BCUT2D eigenvalue weighted by Gasteiger charge is -2.24. The molecule has 0 saturated carbocycles. The number of hydrogen-bond acceptors (Lipinski definition) is 1. The van der Waals surface area contributed by atoms with Crippen molar-refractivity contribution in [2.24, 2.45) is 7.05 Å². The summed E-state index contributed by atoms with van der Waals surface area (Å²) >= 11 is 0. The average molecular weight is 340 g/mol. The Morgan fingerprint density at radius 2 is 1.69 bits per heavy atom. The zero-order chi connectivity index (χ0) is 18.2. The second kappa shape index (κ2) is 5.07. The van der Waals surface area contributed by atoms with Gasteiger partial charge in [0.05, 0.1) is 10.9 Å². The smallest absolute Gasteiger partial charge is 0.228 e. The lowest BCUT2D eigenvalue weighted by molar-refractivity contribution is -0.659. The van der Waals surface area contributed by atoms with Crippen molar-refractivity contribution in [1.29, 1.82) is 0 Å². The molecule has 0 spiro atoms. The largest absolute Gasteiger partial charge is 0.455 e. The number of ether oxygens (including phenoxy) is 1. The van der Waals surface area contributed by atoms with Crippen LogP contribution in [0.3, 0.4) is 0 Å². The molecule has 0 aliphatic carbocycles. The van der Waals surface area contributed by atoms with Gasteiger partial charge >= 0.3 is 0 Å². The molecule has 0 bridgehead atoms. The van der Waals surface area contributed by atoms with E-state index in [0.717, 1.165) is 11.5 Å². The minimum absolute atomic E-state index is 0.967. The normalized spacial score (nSPS) is 12.3. The van der Waals surface area contributed by atoms with Crippen molar-refractivity contribution < 1.29 is 9.30 Å². The molecule has 2 nitrogen and oxygen atoms in total. The van der Waals surface area contributed by atoms with Crippen LogP contribution in [0.5, 0.6) is 11.5 Å². The summed E-state index contributed by atoms with van der Waals surface area (Å²) < 4.78 is 8.78. The third-order valence-corrected chi connectivity index (χ3v) is 5.79. The minimum Gasteiger partial charge on any atom is -0.455 e. The van der Waals surface area contributed by atoms with Crippen molar-refractivity contribution in [2.45, 2.75) is 27.7 Å². The Balaban J connectivity index is 2.05. The Hall–Kier alpha value is -2.87. The van der Waals surface area contributed by atoms with Crippen LogP contribution in [-0.2, 0) is 7.05 Å². The van der Waals surface area contributed by atoms with E-state index in [-0.39, 0.29) is 0 Å². The molecule has 26 heavy (non-hydrogen) atoms. The molecule has 0 N–H and O–H groups in total. The van der Waals surface area contributed by atoms with Gasteiger partial charge in [-0.3, -0.25) is 0 Å². The third-order valence-electron chi connectivity index (χ3n) is 5.79. The average Bonchev–Trinajstić information content (AvgIpc) is 2.61. The van der Waals surface area contributed by atoms with Crippen molar-refractivity contribution >= 4 is 21.5 Å². The van der Waals surface area contributed by atoms with Gasteiger partial charge in [-0.25, -0.2) is 4.57 Å². The van der Waals surface area contributed by atoms with Crippen molar-refractivity contribution in [3.05, 3.63) is 64.8 Å². The number of rotatable bonds is 0. The maximum atomic E-state index is 6.55. The Bertz CT molecular complexity index is 1250. The fourth-order valence-corrected chi connectivity index (χ4v) is 4.60. The molecule has 5 rings (SSSR count). The Kier molecular flexibility index (Phi) is 3.00. The van der Waals surface area contributed by atoms with Gasteiger partial charge in [-0.05, 0) is 66.6 Å². The molecule has 0 amide bonds. The second-order valence-electron chi connectivity index (χ2n) is 7.56. The summed E-state index contributed by atoms with van der Waals surface area (Å²) in [6.07, 6.45) is 2.16. The molecule has 0 saturated heterocycles. The summed E-state index contributed by atoms with van der Waals surface area (Å²) in [6, 6.07) is 13.1. The summed E-state index contributed by atoms with van der Waals surface area (Å²) in [5.74, 6) is 1.97. The van der Waals surface area contributed by atoms with Crippen LogP contribution in [0, 0.1) is 27.7 Å². The first-order valence-corrected chi connectivity index (χ1v) is 9.11. The second-order valence-corrected chi connectivity index (χ2v) is 7.56. The van der Waals surface area contributed by atoms with E-state index >= 15 is 0 Å². The van der Waals surface area contributed by atoms with Gasteiger partial charge in [0.1, 0.15) is 18.5 Å².